The molecule has 0 saturated carbocycles. The van der Waals surface area contributed by atoms with Crippen LogP contribution in [0.3, 0.4) is 0 Å². The van der Waals surface area contributed by atoms with Crippen molar-refractivity contribution in [2.75, 3.05) is 11.4 Å². The molecular weight excluding hydrogens is 274 g/mol. The van der Waals surface area contributed by atoms with Crippen LogP contribution in [0.25, 0.3) is 0 Å². The van der Waals surface area contributed by atoms with Crippen molar-refractivity contribution in [3.63, 3.8) is 0 Å². The molecule has 0 saturated heterocycles. The largest absolute Gasteiger partial charge is 0.478 e. The molecule has 0 spiro atoms. The van der Waals surface area contributed by atoms with Crippen LogP contribution in [-0.2, 0) is 0 Å². The summed E-state index contributed by atoms with van der Waals surface area (Å²) in [6, 6.07) is 3.58. The van der Waals surface area contributed by atoms with Crippen molar-refractivity contribution in [1.29, 1.82) is 0 Å². The number of benzene rings is 1. The molecule has 2 rings (SSSR count). The third kappa shape index (κ3) is 2.51. The second-order valence-corrected chi connectivity index (χ2v) is 6.67. The Kier molecular flexibility index (Phi) is 4.01. The lowest BCUT2D eigenvalue weighted by atomic mass is 9.79. The Bertz CT molecular complexity index is 540. The zero-order valence-electron chi connectivity index (χ0n) is 12.5. The fourth-order valence-corrected chi connectivity index (χ4v) is 3.55. The van der Waals surface area contributed by atoms with Gasteiger partial charge in [0.2, 0.25) is 0 Å². The van der Waals surface area contributed by atoms with E-state index in [-0.39, 0.29) is 11.1 Å². The minimum absolute atomic E-state index is 0.0660. The number of aromatic carboxylic acids is 1. The van der Waals surface area contributed by atoms with E-state index in [4.69, 9.17) is 11.6 Å². The first kappa shape index (κ1) is 15.2. The minimum atomic E-state index is -0.961. The van der Waals surface area contributed by atoms with Crippen molar-refractivity contribution < 1.29 is 9.90 Å². The Labute approximate surface area is 125 Å². The number of fused-ring (bicyclic) bond motifs is 1. The Balaban J connectivity index is 2.60. The summed E-state index contributed by atoms with van der Waals surface area (Å²) in [5.74, 6) is -0.625. The topological polar surface area (TPSA) is 40.5 Å². The average molecular weight is 296 g/mol. The standard InChI is InChI=1S/C16H22ClNO2/c1-5-6-18-14-8-13(17)12(15(19)20)7-11(14)10(2)9-16(18,3)4/h7-8,10H,5-6,9H2,1-4H3,(H,19,20). The third-order valence-electron chi connectivity index (χ3n) is 4.15. The molecule has 4 heteroatoms. The molecule has 1 atom stereocenters. The monoisotopic (exact) mass is 295 g/mol. The van der Waals surface area contributed by atoms with Gasteiger partial charge in [-0.1, -0.05) is 25.4 Å². The maximum absolute atomic E-state index is 11.3. The molecular formula is C16H22ClNO2. The molecule has 1 aromatic carbocycles. The van der Waals surface area contributed by atoms with Crippen LogP contribution in [0.1, 0.15) is 62.4 Å². The molecule has 0 radical (unpaired) electrons. The Morgan fingerprint density at radius 1 is 1.50 bits per heavy atom. The van der Waals surface area contributed by atoms with Crippen LogP contribution in [0.4, 0.5) is 5.69 Å². The van der Waals surface area contributed by atoms with Crippen LogP contribution in [-0.4, -0.2) is 23.2 Å². The lowest BCUT2D eigenvalue weighted by Crippen LogP contribution is -2.48. The lowest BCUT2D eigenvalue weighted by Gasteiger charge is -2.47. The number of rotatable bonds is 3. The molecule has 1 aromatic rings. The predicted octanol–water partition coefficient (Wildman–Crippen LogP) is 4.54. The van der Waals surface area contributed by atoms with Crippen LogP contribution >= 0.6 is 11.6 Å². The molecule has 0 fully saturated rings. The van der Waals surface area contributed by atoms with Crippen molar-refractivity contribution in [2.45, 2.75) is 52.0 Å². The second-order valence-electron chi connectivity index (χ2n) is 6.27. The van der Waals surface area contributed by atoms with Crippen molar-refractivity contribution >= 4 is 23.3 Å². The highest BCUT2D eigenvalue weighted by atomic mass is 35.5. The van der Waals surface area contributed by atoms with Gasteiger partial charge in [-0.25, -0.2) is 4.79 Å². The van der Waals surface area contributed by atoms with Gasteiger partial charge in [-0.05, 0) is 50.3 Å². The van der Waals surface area contributed by atoms with E-state index in [1.54, 1.807) is 6.07 Å². The summed E-state index contributed by atoms with van der Waals surface area (Å²) in [7, 11) is 0. The van der Waals surface area contributed by atoms with Crippen molar-refractivity contribution in [3.8, 4) is 0 Å². The summed E-state index contributed by atoms with van der Waals surface area (Å²) >= 11 is 6.15. The highest BCUT2D eigenvalue weighted by Crippen LogP contribution is 2.45. The Morgan fingerprint density at radius 2 is 2.15 bits per heavy atom. The van der Waals surface area contributed by atoms with E-state index < -0.39 is 5.97 Å². The minimum Gasteiger partial charge on any atom is -0.478 e. The summed E-state index contributed by atoms with van der Waals surface area (Å²) < 4.78 is 0. The van der Waals surface area contributed by atoms with Gasteiger partial charge in [0.15, 0.2) is 0 Å². The number of carboxylic acids is 1. The molecule has 0 aromatic heterocycles. The Morgan fingerprint density at radius 3 is 2.70 bits per heavy atom. The van der Waals surface area contributed by atoms with Gasteiger partial charge >= 0.3 is 5.97 Å². The number of hydrogen-bond donors (Lipinski definition) is 1. The number of hydrogen-bond acceptors (Lipinski definition) is 2. The van der Waals surface area contributed by atoms with E-state index in [0.717, 1.165) is 30.6 Å². The molecule has 1 unspecified atom stereocenters. The first-order valence-corrected chi connectivity index (χ1v) is 7.50. The zero-order valence-corrected chi connectivity index (χ0v) is 13.3. The van der Waals surface area contributed by atoms with Gasteiger partial charge in [-0.15, -0.1) is 0 Å². The summed E-state index contributed by atoms with van der Waals surface area (Å²) in [6.07, 6.45) is 2.07. The normalized spacial score (nSPS) is 20.6. The third-order valence-corrected chi connectivity index (χ3v) is 4.46. The molecule has 110 valence electrons. The SMILES string of the molecule is CCCN1c2cc(Cl)c(C(=O)O)cc2C(C)CC1(C)C. The van der Waals surface area contributed by atoms with E-state index in [1.165, 1.54) is 0 Å². The Hall–Kier alpha value is -1.22. The summed E-state index contributed by atoms with van der Waals surface area (Å²) in [5, 5.41) is 9.55. The number of anilines is 1. The first-order valence-electron chi connectivity index (χ1n) is 7.12. The molecule has 0 aliphatic carbocycles. The molecule has 1 aliphatic heterocycles. The molecule has 1 N–H and O–H groups in total. The van der Waals surface area contributed by atoms with E-state index in [9.17, 15) is 9.90 Å². The molecule has 0 amide bonds. The van der Waals surface area contributed by atoms with Gasteiger partial charge in [0.1, 0.15) is 0 Å². The molecule has 3 nitrogen and oxygen atoms in total. The van der Waals surface area contributed by atoms with Crippen LogP contribution in [0.5, 0.6) is 0 Å². The van der Waals surface area contributed by atoms with Crippen molar-refractivity contribution in [3.05, 3.63) is 28.3 Å². The molecule has 20 heavy (non-hydrogen) atoms. The number of halogens is 1. The second kappa shape index (κ2) is 5.28. The zero-order chi connectivity index (χ0) is 15.1. The van der Waals surface area contributed by atoms with Gasteiger partial charge in [0.05, 0.1) is 10.6 Å². The maximum atomic E-state index is 11.3. The van der Waals surface area contributed by atoms with Gasteiger partial charge in [0.25, 0.3) is 0 Å². The van der Waals surface area contributed by atoms with Crippen molar-refractivity contribution in [2.24, 2.45) is 0 Å². The summed E-state index contributed by atoms with van der Waals surface area (Å²) in [6.45, 7) is 9.74. The van der Waals surface area contributed by atoms with Gasteiger partial charge in [-0.2, -0.15) is 0 Å². The van der Waals surface area contributed by atoms with Gasteiger partial charge < -0.3 is 10.0 Å². The fraction of sp³-hybridized carbons (Fsp3) is 0.562. The van der Waals surface area contributed by atoms with Crippen LogP contribution in [0.2, 0.25) is 5.02 Å². The van der Waals surface area contributed by atoms with E-state index >= 15 is 0 Å². The summed E-state index contributed by atoms with van der Waals surface area (Å²) in [4.78, 5) is 13.6. The van der Waals surface area contributed by atoms with Crippen LogP contribution in [0, 0.1) is 0 Å². The average Bonchev–Trinajstić information content (AvgIpc) is 2.32. The number of carbonyl (C=O) groups is 1. The van der Waals surface area contributed by atoms with E-state index in [2.05, 4.69) is 32.6 Å². The number of nitrogens with zero attached hydrogens (tertiary/aromatic N) is 1. The summed E-state index contributed by atoms with van der Waals surface area (Å²) in [5.41, 5.74) is 2.45. The molecule has 1 heterocycles. The highest BCUT2D eigenvalue weighted by molar-refractivity contribution is 6.33. The number of carboxylic acid groups (broad SMARTS) is 1. The fourth-order valence-electron chi connectivity index (χ4n) is 3.31. The highest BCUT2D eigenvalue weighted by Gasteiger charge is 2.36. The van der Waals surface area contributed by atoms with Crippen molar-refractivity contribution in [1.82, 2.24) is 0 Å². The van der Waals surface area contributed by atoms with E-state index in [0.29, 0.717) is 10.9 Å². The predicted molar refractivity (Wildman–Crippen MR) is 83.2 cm³/mol. The van der Waals surface area contributed by atoms with E-state index in [1.807, 2.05) is 6.07 Å². The smallest absolute Gasteiger partial charge is 0.337 e. The first-order chi connectivity index (χ1) is 9.27. The van der Waals surface area contributed by atoms with Gasteiger partial charge in [-0.3, -0.25) is 0 Å². The lowest BCUT2D eigenvalue weighted by molar-refractivity contribution is 0.0697. The maximum Gasteiger partial charge on any atom is 0.337 e. The quantitative estimate of drug-likeness (QED) is 0.890. The van der Waals surface area contributed by atoms with Gasteiger partial charge in [0, 0.05) is 17.8 Å². The molecule has 0 bridgehead atoms. The van der Waals surface area contributed by atoms with Crippen LogP contribution < -0.4 is 4.90 Å². The van der Waals surface area contributed by atoms with Crippen LogP contribution in [0.15, 0.2) is 12.1 Å². The molecule has 1 aliphatic rings.